The third-order valence-electron chi connectivity index (χ3n) is 3.39. The number of rotatable bonds is 3. The van der Waals surface area contributed by atoms with Gasteiger partial charge >= 0.3 is 0 Å². The Bertz CT molecular complexity index is 361. The molecule has 0 spiro atoms. The van der Waals surface area contributed by atoms with Crippen molar-refractivity contribution in [1.29, 1.82) is 0 Å². The van der Waals surface area contributed by atoms with Gasteiger partial charge in [-0.25, -0.2) is 0 Å². The molecule has 1 aliphatic heterocycles. The molecule has 1 fully saturated rings. The highest BCUT2D eigenvalue weighted by Gasteiger charge is 2.26. The first kappa shape index (κ1) is 12.1. The summed E-state index contributed by atoms with van der Waals surface area (Å²) in [5, 5.41) is 3.68. The van der Waals surface area contributed by atoms with Crippen molar-refractivity contribution < 1.29 is 4.74 Å². The van der Waals surface area contributed by atoms with Crippen molar-refractivity contribution in [1.82, 2.24) is 5.32 Å². The topological polar surface area (TPSA) is 21.3 Å². The Labute approximate surface area is 102 Å². The second-order valence-electron chi connectivity index (χ2n) is 4.73. The van der Waals surface area contributed by atoms with Gasteiger partial charge < -0.3 is 10.1 Å². The molecule has 0 radical (unpaired) electrons. The molecule has 2 rings (SSSR count). The summed E-state index contributed by atoms with van der Waals surface area (Å²) in [5.74, 6) is 0. The molecule has 3 unspecified atom stereocenters. The van der Waals surface area contributed by atoms with E-state index >= 15 is 0 Å². The molecule has 2 nitrogen and oxygen atoms in total. The number of aryl methyl sites for hydroxylation is 2. The normalized spacial score (nSPS) is 27.2. The van der Waals surface area contributed by atoms with Crippen LogP contribution in [0.4, 0.5) is 0 Å². The van der Waals surface area contributed by atoms with Gasteiger partial charge in [0.15, 0.2) is 0 Å². The summed E-state index contributed by atoms with van der Waals surface area (Å²) in [7, 11) is 0. The molecule has 0 bridgehead atoms. The van der Waals surface area contributed by atoms with E-state index in [1.807, 2.05) is 11.3 Å². The Morgan fingerprint density at radius 2 is 2.25 bits per heavy atom. The van der Waals surface area contributed by atoms with E-state index in [4.69, 9.17) is 4.74 Å². The average molecular weight is 239 g/mol. The van der Waals surface area contributed by atoms with E-state index in [0.717, 1.165) is 13.0 Å². The Hall–Kier alpha value is -0.380. The van der Waals surface area contributed by atoms with E-state index < -0.39 is 0 Å². The lowest BCUT2D eigenvalue weighted by atomic mass is 10.1. The van der Waals surface area contributed by atoms with Crippen LogP contribution >= 0.6 is 11.3 Å². The van der Waals surface area contributed by atoms with Gasteiger partial charge in [0, 0.05) is 28.4 Å². The first-order chi connectivity index (χ1) is 7.58. The van der Waals surface area contributed by atoms with Crippen LogP contribution in [0.1, 0.15) is 41.6 Å². The van der Waals surface area contributed by atoms with Crippen LogP contribution in [0.5, 0.6) is 0 Å². The number of ether oxygens (including phenoxy) is 1. The molecule has 1 saturated heterocycles. The summed E-state index contributed by atoms with van der Waals surface area (Å²) in [5.41, 5.74) is 1.45. The predicted molar refractivity (Wildman–Crippen MR) is 69.2 cm³/mol. The Morgan fingerprint density at radius 1 is 1.50 bits per heavy atom. The highest BCUT2D eigenvalue weighted by atomic mass is 32.1. The molecule has 1 N–H and O–H groups in total. The lowest BCUT2D eigenvalue weighted by Crippen LogP contribution is -2.36. The molecule has 0 aliphatic carbocycles. The maximum absolute atomic E-state index is 5.58. The molecule has 3 atom stereocenters. The monoisotopic (exact) mass is 239 g/mol. The van der Waals surface area contributed by atoms with Crippen LogP contribution in [-0.2, 0) is 4.74 Å². The number of thiophene rings is 1. The van der Waals surface area contributed by atoms with Gasteiger partial charge in [0.05, 0.1) is 6.10 Å². The lowest BCUT2D eigenvalue weighted by molar-refractivity contribution is 0.111. The smallest absolute Gasteiger partial charge is 0.0700 e. The van der Waals surface area contributed by atoms with Gasteiger partial charge in [-0.15, -0.1) is 11.3 Å². The van der Waals surface area contributed by atoms with Crippen LogP contribution in [0.3, 0.4) is 0 Å². The molecular weight excluding hydrogens is 218 g/mol. The third-order valence-corrected chi connectivity index (χ3v) is 4.37. The van der Waals surface area contributed by atoms with E-state index in [2.05, 4.69) is 39.1 Å². The number of nitrogens with one attached hydrogen (secondary N) is 1. The van der Waals surface area contributed by atoms with Crippen molar-refractivity contribution in [2.45, 2.75) is 52.3 Å². The standard InChI is InChI=1S/C13H21NOS/c1-8-7-12(11(4)16-8)9(2)14-13-5-6-15-10(13)3/h7,9-10,13-14H,5-6H2,1-4H3. The molecule has 0 aromatic carbocycles. The van der Waals surface area contributed by atoms with E-state index in [1.165, 1.54) is 15.3 Å². The highest BCUT2D eigenvalue weighted by Crippen LogP contribution is 2.27. The Morgan fingerprint density at radius 3 is 2.75 bits per heavy atom. The minimum atomic E-state index is 0.350. The Balaban J connectivity index is 2.02. The second-order valence-corrected chi connectivity index (χ2v) is 6.19. The molecule has 0 saturated carbocycles. The van der Waals surface area contributed by atoms with E-state index in [-0.39, 0.29) is 0 Å². The van der Waals surface area contributed by atoms with E-state index in [0.29, 0.717) is 18.2 Å². The van der Waals surface area contributed by atoms with Crippen molar-refractivity contribution in [3.05, 3.63) is 21.4 Å². The van der Waals surface area contributed by atoms with E-state index in [1.54, 1.807) is 0 Å². The van der Waals surface area contributed by atoms with Crippen molar-refractivity contribution in [2.24, 2.45) is 0 Å². The first-order valence-electron chi connectivity index (χ1n) is 6.02. The average Bonchev–Trinajstić information content (AvgIpc) is 2.74. The van der Waals surface area contributed by atoms with Gasteiger partial charge in [0.1, 0.15) is 0 Å². The third kappa shape index (κ3) is 2.47. The van der Waals surface area contributed by atoms with Gasteiger partial charge in [0.2, 0.25) is 0 Å². The second kappa shape index (κ2) is 4.86. The summed E-state index contributed by atoms with van der Waals surface area (Å²) in [6, 6.07) is 3.24. The Kier molecular flexibility index (Phi) is 3.67. The number of hydrogen-bond acceptors (Lipinski definition) is 3. The molecule has 16 heavy (non-hydrogen) atoms. The molecule has 1 aromatic heterocycles. The molecular formula is C13H21NOS. The first-order valence-corrected chi connectivity index (χ1v) is 6.84. The SMILES string of the molecule is Cc1cc(C(C)NC2CCOC2C)c(C)s1. The summed E-state index contributed by atoms with van der Waals surface area (Å²) in [6.07, 6.45) is 1.48. The van der Waals surface area contributed by atoms with Crippen molar-refractivity contribution >= 4 is 11.3 Å². The highest BCUT2D eigenvalue weighted by molar-refractivity contribution is 7.12. The van der Waals surface area contributed by atoms with Crippen molar-refractivity contribution in [3.63, 3.8) is 0 Å². The summed E-state index contributed by atoms with van der Waals surface area (Å²) < 4.78 is 5.58. The van der Waals surface area contributed by atoms with Crippen LogP contribution in [-0.4, -0.2) is 18.8 Å². The maximum atomic E-state index is 5.58. The van der Waals surface area contributed by atoms with Crippen LogP contribution in [0.2, 0.25) is 0 Å². The van der Waals surface area contributed by atoms with Crippen LogP contribution in [0.25, 0.3) is 0 Å². The molecule has 1 aromatic rings. The molecule has 1 aliphatic rings. The minimum absolute atomic E-state index is 0.350. The number of hydrogen-bond donors (Lipinski definition) is 1. The van der Waals surface area contributed by atoms with Crippen LogP contribution in [0, 0.1) is 13.8 Å². The van der Waals surface area contributed by atoms with Gasteiger partial charge in [-0.3, -0.25) is 0 Å². The zero-order valence-electron chi connectivity index (χ0n) is 10.5. The van der Waals surface area contributed by atoms with Gasteiger partial charge in [-0.1, -0.05) is 0 Å². The largest absolute Gasteiger partial charge is 0.377 e. The predicted octanol–water partition coefficient (Wildman–Crippen LogP) is 3.19. The fraction of sp³-hybridized carbons (Fsp3) is 0.692. The van der Waals surface area contributed by atoms with Gasteiger partial charge in [0.25, 0.3) is 0 Å². The molecule has 90 valence electrons. The summed E-state index contributed by atoms with van der Waals surface area (Å²) >= 11 is 1.89. The summed E-state index contributed by atoms with van der Waals surface area (Å²) in [6.45, 7) is 9.69. The molecule has 3 heteroatoms. The zero-order chi connectivity index (χ0) is 11.7. The lowest BCUT2D eigenvalue weighted by Gasteiger charge is -2.21. The van der Waals surface area contributed by atoms with Crippen molar-refractivity contribution in [2.75, 3.05) is 6.61 Å². The molecule has 0 amide bonds. The zero-order valence-corrected chi connectivity index (χ0v) is 11.4. The van der Waals surface area contributed by atoms with Crippen LogP contribution in [0.15, 0.2) is 6.07 Å². The van der Waals surface area contributed by atoms with Crippen molar-refractivity contribution in [3.8, 4) is 0 Å². The van der Waals surface area contributed by atoms with Gasteiger partial charge in [-0.2, -0.15) is 0 Å². The van der Waals surface area contributed by atoms with E-state index in [9.17, 15) is 0 Å². The maximum Gasteiger partial charge on any atom is 0.0700 e. The summed E-state index contributed by atoms with van der Waals surface area (Å²) in [4.78, 5) is 2.83. The van der Waals surface area contributed by atoms with Gasteiger partial charge in [-0.05, 0) is 45.7 Å². The minimum Gasteiger partial charge on any atom is -0.377 e. The van der Waals surface area contributed by atoms with Crippen LogP contribution < -0.4 is 5.32 Å². The fourth-order valence-electron chi connectivity index (χ4n) is 2.44. The fourth-order valence-corrected chi connectivity index (χ4v) is 3.46. The quantitative estimate of drug-likeness (QED) is 0.874. The molecule has 2 heterocycles.